The van der Waals surface area contributed by atoms with Crippen molar-refractivity contribution in [2.45, 2.75) is 37.6 Å². The van der Waals surface area contributed by atoms with Crippen LogP contribution in [0.5, 0.6) is 0 Å². The van der Waals surface area contributed by atoms with E-state index in [1.54, 1.807) is 12.1 Å². The molecule has 2 aliphatic heterocycles. The fourth-order valence-electron chi connectivity index (χ4n) is 3.61. The van der Waals surface area contributed by atoms with Crippen molar-refractivity contribution in [1.82, 2.24) is 15.5 Å². The molecule has 26 heavy (non-hydrogen) atoms. The van der Waals surface area contributed by atoms with Gasteiger partial charge in [0.1, 0.15) is 5.82 Å². The number of carbonyl (C=O) groups is 1. The summed E-state index contributed by atoms with van der Waals surface area (Å²) in [6, 6.07) is 3.81. The number of morpholine rings is 1. The normalized spacial score (nSPS) is 28.1. The van der Waals surface area contributed by atoms with E-state index in [4.69, 9.17) is 16.3 Å². The lowest BCUT2D eigenvalue weighted by Crippen LogP contribution is -2.49. The van der Waals surface area contributed by atoms with E-state index in [0.29, 0.717) is 43.2 Å². The van der Waals surface area contributed by atoms with Crippen LogP contribution in [-0.2, 0) is 9.53 Å². The van der Waals surface area contributed by atoms with E-state index in [-0.39, 0.29) is 30.4 Å². The minimum atomic E-state index is -0.511. The van der Waals surface area contributed by atoms with E-state index < -0.39 is 12.1 Å². The molecule has 2 aliphatic rings. The van der Waals surface area contributed by atoms with Gasteiger partial charge in [-0.2, -0.15) is 0 Å². The molecule has 0 spiro atoms. The molecule has 6 nitrogen and oxygen atoms in total. The summed E-state index contributed by atoms with van der Waals surface area (Å²) in [5, 5.41) is 15.8. The van der Waals surface area contributed by atoms with Crippen molar-refractivity contribution in [3.05, 3.63) is 34.6 Å². The third kappa shape index (κ3) is 4.53. The zero-order valence-corrected chi connectivity index (χ0v) is 15.5. The molecule has 1 aromatic carbocycles. The zero-order chi connectivity index (χ0) is 18.7. The van der Waals surface area contributed by atoms with Crippen LogP contribution in [0.2, 0.25) is 5.02 Å². The molecule has 0 bridgehead atoms. The SMILES string of the molecule is CC1CN(C(CNC(=O)C2CC(O)CN2)c2c(F)cccc2Cl)CCO1. The summed E-state index contributed by atoms with van der Waals surface area (Å²) in [6.07, 6.45) is -0.104. The second kappa shape index (κ2) is 8.63. The third-order valence-electron chi connectivity index (χ3n) is 4.94. The van der Waals surface area contributed by atoms with E-state index in [0.717, 1.165) is 0 Å². The van der Waals surface area contributed by atoms with Crippen molar-refractivity contribution in [3.8, 4) is 0 Å². The number of halogens is 2. The van der Waals surface area contributed by atoms with Gasteiger partial charge in [-0.1, -0.05) is 17.7 Å². The molecular formula is C18H25ClFN3O3. The fourth-order valence-corrected chi connectivity index (χ4v) is 3.90. The van der Waals surface area contributed by atoms with E-state index in [1.807, 2.05) is 6.92 Å². The van der Waals surface area contributed by atoms with Gasteiger partial charge in [-0.05, 0) is 25.5 Å². The van der Waals surface area contributed by atoms with Crippen LogP contribution >= 0.6 is 11.6 Å². The number of amides is 1. The lowest BCUT2D eigenvalue weighted by Gasteiger charge is -2.38. The maximum atomic E-state index is 14.5. The summed E-state index contributed by atoms with van der Waals surface area (Å²) in [6.45, 7) is 4.42. The van der Waals surface area contributed by atoms with Crippen molar-refractivity contribution in [2.24, 2.45) is 0 Å². The Morgan fingerprint density at radius 1 is 1.58 bits per heavy atom. The van der Waals surface area contributed by atoms with Gasteiger partial charge in [0.25, 0.3) is 0 Å². The molecule has 2 saturated heterocycles. The van der Waals surface area contributed by atoms with Crippen molar-refractivity contribution in [2.75, 3.05) is 32.8 Å². The van der Waals surface area contributed by atoms with Crippen molar-refractivity contribution in [1.29, 1.82) is 0 Å². The minimum absolute atomic E-state index is 0.0270. The first-order chi connectivity index (χ1) is 12.5. The molecule has 3 N–H and O–H groups in total. The Balaban J connectivity index is 1.76. The van der Waals surface area contributed by atoms with Crippen LogP contribution in [0, 0.1) is 5.82 Å². The summed E-state index contributed by atoms with van der Waals surface area (Å²) in [5.74, 6) is -0.578. The Morgan fingerprint density at radius 3 is 3.04 bits per heavy atom. The molecule has 0 aliphatic carbocycles. The topological polar surface area (TPSA) is 73.8 Å². The quantitative estimate of drug-likeness (QED) is 0.707. The molecule has 0 aromatic heterocycles. The van der Waals surface area contributed by atoms with Gasteiger partial charge in [-0.3, -0.25) is 9.69 Å². The maximum Gasteiger partial charge on any atom is 0.237 e. The van der Waals surface area contributed by atoms with Gasteiger partial charge in [-0.15, -0.1) is 0 Å². The van der Waals surface area contributed by atoms with Crippen LogP contribution in [0.1, 0.15) is 24.9 Å². The van der Waals surface area contributed by atoms with Crippen LogP contribution in [0.25, 0.3) is 0 Å². The van der Waals surface area contributed by atoms with Crippen LogP contribution < -0.4 is 10.6 Å². The molecule has 1 aromatic rings. The van der Waals surface area contributed by atoms with Gasteiger partial charge in [0, 0.05) is 36.8 Å². The highest BCUT2D eigenvalue weighted by molar-refractivity contribution is 6.31. The average molecular weight is 386 g/mol. The van der Waals surface area contributed by atoms with Gasteiger partial charge in [0.05, 0.1) is 30.9 Å². The summed E-state index contributed by atoms with van der Waals surface area (Å²) in [5.41, 5.74) is 0.392. The van der Waals surface area contributed by atoms with Crippen LogP contribution in [0.4, 0.5) is 4.39 Å². The average Bonchev–Trinajstić information content (AvgIpc) is 3.03. The second-order valence-corrected chi connectivity index (χ2v) is 7.33. The Hall–Kier alpha value is -1.25. The van der Waals surface area contributed by atoms with Gasteiger partial charge in [0.15, 0.2) is 0 Å². The van der Waals surface area contributed by atoms with E-state index in [1.165, 1.54) is 6.07 Å². The molecule has 2 fully saturated rings. The predicted octanol–water partition coefficient (Wildman–Crippen LogP) is 1.08. The highest BCUT2D eigenvalue weighted by Crippen LogP contribution is 2.31. The second-order valence-electron chi connectivity index (χ2n) is 6.92. The largest absolute Gasteiger partial charge is 0.392 e. The van der Waals surface area contributed by atoms with Crippen LogP contribution in [0.15, 0.2) is 18.2 Å². The number of nitrogens with one attached hydrogen (secondary N) is 2. The first kappa shape index (κ1) is 19.5. The van der Waals surface area contributed by atoms with E-state index in [9.17, 15) is 14.3 Å². The molecule has 0 radical (unpaired) electrons. The monoisotopic (exact) mass is 385 g/mol. The Morgan fingerprint density at radius 2 is 2.38 bits per heavy atom. The molecule has 8 heteroatoms. The first-order valence-electron chi connectivity index (χ1n) is 8.94. The van der Waals surface area contributed by atoms with Gasteiger partial charge in [0.2, 0.25) is 5.91 Å². The number of rotatable bonds is 5. The number of β-amino-alcohol motifs (C(OH)–C–C–N with tert-alkyl or cyclic N) is 1. The molecule has 0 saturated carbocycles. The minimum Gasteiger partial charge on any atom is -0.392 e. The van der Waals surface area contributed by atoms with Crippen LogP contribution in [-0.4, -0.2) is 66.9 Å². The number of benzene rings is 1. The standard InChI is InChI=1S/C18H25ClFN3O3/c1-11-10-23(5-6-26-11)16(17-13(19)3-2-4-14(17)20)9-22-18(25)15-7-12(24)8-21-15/h2-4,11-12,15-16,21,24H,5-10H2,1H3,(H,22,25). The van der Waals surface area contributed by atoms with Gasteiger partial charge >= 0.3 is 0 Å². The van der Waals surface area contributed by atoms with Crippen molar-refractivity contribution in [3.63, 3.8) is 0 Å². The molecule has 144 valence electrons. The zero-order valence-electron chi connectivity index (χ0n) is 14.8. The number of aliphatic hydroxyl groups excluding tert-OH is 1. The summed E-state index contributed by atoms with van der Waals surface area (Å²) in [4.78, 5) is 14.5. The molecule has 3 rings (SSSR count). The van der Waals surface area contributed by atoms with E-state index >= 15 is 0 Å². The Kier molecular flexibility index (Phi) is 6.47. The summed E-state index contributed by atoms with van der Waals surface area (Å²) >= 11 is 6.29. The maximum absolute atomic E-state index is 14.5. The molecule has 1 amide bonds. The van der Waals surface area contributed by atoms with Crippen molar-refractivity contribution < 1.29 is 19.0 Å². The van der Waals surface area contributed by atoms with Gasteiger partial charge in [-0.25, -0.2) is 4.39 Å². The predicted molar refractivity (Wildman–Crippen MR) is 96.6 cm³/mol. The summed E-state index contributed by atoms with van der Waals surface area (Å²) in [7, 11) is 0. The number of hydrogen-bond donors (Lipinski definition) is 3. The Labute approximate surface area is 157 Å². The number of nitrogens with zero attached hydrogens (tertiary/aromatic N) is 1. The van der Waals surface area contributed by atoms with Gasteiger partial charge < -0.3 is 20.5 Å². The fraction of sp³-hybridized carbons (Fsp3) is 0.611. The van der Waals surface area contributed by atoms with Crippen molar-refractivity contribution >= 4 is 17.5 Å². The highest BCUT2D eigenvalue weighted by Gasteiger charge is 2.32. The number of carbonyl (C=O) groups excluding carboxylic acids is 1. The molecule has 2 heterocycles. The number of ether oxygens (including phenoxy) is 1. The third-order valence-corrected chi connectivity index (χ3v) is 5.27. The number of hydrogen-bond acceptors (Lipinski definition) is 5. The van der Waals surface area contributed by atoms with E-state index in [2.05, 4.69) is 15.5 Å². The summed E-state index contributed by atoms with van der Waals surface area (Å²) < 4.78 is 20.1. The Bertz CT molecular complexity index is 628. The molecule has 4 unspecified atom stereocenters. The smallest absolute Gasteiger partial charge is 0.237 e. The lowest BCUT2D eigenvalue weighted by atomic mass is 10.0. The lowest BCUT2D eigenvalue weighted by molar-refractivity contribution is -0.123. The van der Waals surface area contributed by atoms with Crippen LogP contribution in [0.3, 0.4) is 0 Å². The first-order valence-corrected chi connectivity index (χ1v) is 9.32. The number of aliphatic hydroxyl groups is 1. The molecular weight excluding hydrogens is 361 g/mol. The molecule has 4 atom stereocenters. The highest BCUT2D eigenvalue weighted by atomic mass is 35.5.